The molecular formula is C18H23F3N4O2. The van der Waals surface area contributed by atoms with E-state index in [1.54, 1.807) is 0 Å². The molecule has 1 N–H and O–H groups in total. The maximum Gasteiger partial charge on any atom is 0.433 e. The fourth-order valence-electron chi connectivity index (χ4n) is 4.41. The molecule has 2 fully saturated rings. The maximum atomic E-state index is 13.6. The summed E-state index contributed by atoms with van der Waals surface area (Å²) >= 11 is 0. The lowest BCUT2D eigenvalue weighted by atomic mass is 9.73. The van der Waals surface area contributed by atoms with Gasteiger partial charge in [-0.05, 0) is 44.4 Å². The number of anilines is 2. The molecule has 2 aliphatic heterocycles. The van der Waals surface area contributed by atoms with Crippen LogP contribution in [-0.2, 0) is 17.4 Å². The van der Waals surface area contributed by atoms with Gasteiger partial charge in [0, 0.05) is 37.7 Å². The van der Waals surface area contributed by atoms with Gasteiger partial charge in [0.1, 0.15) is 5.82 Å². The molecule has 0 radical (unpaired) electrons. The molecule has 9 heteroatoms. The number of halogens is 3. The van der Waals surface area contributed by atoms with Crippen LogP contribution >= 0.6 is 0 Å². The van der Waals surface area contributed by atoms with Gasteiger partial charge in [0.25, 0.3) is 0 Å². The lowest BCUT2D eigenvalue weighted by molar-refractivity contribution is -0.142. The highest BCUT2D eigenvalue weighted by Crippen LogP contribution is 2.42. The van der Waals surface area contributed by atoms with E-state index >= 15 is 0 Å². The lowest BCUT2D eigenvalue weighted by Crippen LogP contribution is -2.47. The topological polar surface area (TPSA) is 69.6 Å². The number of alkyl halides is 3. The number of carboxylic acids is 1. The van der Waals surface area contributed by atoms with Gasteiger partial charge < -0.3 is 14.9 Å². The predicted octanol–water partition coefficient (Wildman–Crippen LogP) is 2.96. The Kier molecular flexibility index (Phi) is 4.43. The third kappa shape index (κ3) is 3.43. The fourth-order valence-corrected chi connectivity index (χ4v) is 4.41. The van der Waals surface area contributed by atoms with E-state index in [9.17, 15) is 18.0 Å². The zero-order valence-corrected chi connectivity index (χ0v) is 15.2. The molecule has 3 aliphatic rings. The summed E-state index contributed by atoms with van der Waals surface area (Å²) in [6.45, 7) is 3.78. The molecule has 6 nitrogen and oxygen atoms in total. The Morgan fingerprint density at radius 2 is 1.96 bits per heavy atom. The fraction of sp³-hybridized carbons (Fsp3) is 0.722. The minimum absolute atomic E-state index is 0.155. The zero-order chi connectivity index (χ0) is 19.3. The van der Waals surface area contributed by atoms with Crippen LogP contribution < -0.4 is 9.80 Å². The van der Waals surface area contributed by atoms with E-state index in [-0.39, 0.29) is 29.9 Å². The van der Waals surface area contributed by atoms with Crippen LogP contribution in [0.1, 0.15) is 43.9 Å². The van der Waals surface area contributed by atoms with E-state index in [0.29, 0.717) is 37.8 Å². The lowest BCUT2D eigenvalue weighted by Gasteiger charge is -2.40. The third-order valence-corrected chi connectivity index (χ3v) is 6.03. The Balaban J connectivity index is 1.54. The summed E-state index contributed by atoms with van der Waals surface area (Å²) in [7, 11) is 0. The molecule has 0 bridgehead atoms. The summed E-state index contributed by atoms with van der Waals surface area (Å²) in [4.78, 5) is 22.9. The third-order valence-electron chi connectivity index (χ3n) is 6.03. The van der Waals surface area contributed by atoms with Crippen LogP contribution in [0.4, 0.5) is 24.9 Å². The van der Waals surface area contributed by atoms with Crippen molar-refractivity contribution in [2.75, 3.05) is 29.4 Å². The summed E-state index contributed by atoms with van der Waals surface area (Å²) in [5, 5.41) is 8.85. The molecule has 1 aromatic rings. The van der Waals surface area contributed by atoms with Crippen molar-refractivity contribution in [1.29, 1.82) is 0 Å². The number of nitrogens with zero attached hydrogens (tertiary/aromatic N) is 4. The molecular weight excluding hydrogens is 361 g/mol. The summed E-state index contributed by atoms with van der Waals surface area (Å²) in [5.74, 6) is 0.289. The number of aromatic nitrogens is 2. The number of carbonyl (C=O) groups is 1. The molecule has 0 unspecified atom stereocenters. The Hall–Kier alpha value is -2.06. The molecule has 0 amide bonds. The molecule has 4 rings (SSSR count). The number of carboxylic acid groups (broad SMARTS) is 1. The summed E-state index contributed by atoms with van der Waals surface area (Å²) < 4.78 is 40.7. The monoisotopic (exact) mass is 384 g/mol. The Labute approximate surface area is 155 Å². The van der Waals surface area contributed by atoms with Crippen LogP contribution in [0.2, 0.25) is 0 Å². The Bertz CT molecular complexity index is 749. The van der Waals surface area contributed by atoms with E-state index in [0.717, 1.165) is 19.3 Å². The number of fused-ring (bicyclic) bond motifs is 1. The molecule has 148 valence electrons. The van der Waals surface area contributed by atoms with Crippen LogP contribution in [0, 0.1) is 11.8 Å². The van der Waals surface area contributed by atoms with E-state index < -0.39 is 17.8 Å². The van der Waals surface area contributed by atoms with Crippen molar-refractivity contribution in [1.82, 2.24) is 9.97 Å². The van der Waals surface area contributed by atoms with Gasteiger partial charge in [0.15, 0.2) is 5.69 Å². The van der Waals surface area contributed by atoms with E-state index in [1.165, 1.54) is 0 Å². The highest BCUT2D eigenvalue weighted by atomic mass is 19.4. The molecule has 1 atom stereocenters. The average molecular weight is 384 g/mol. The molecule has 3 heterocycles. The smallest absolute Gasteiger partial charge is 0.433 e. The predicted molar refractivity (Wildman–Crippen MR) is 92.8 cm³/mol. The van der Waals surface area contributed by atoms with Gasteiger partial charge in [-0.25, -0.2) is 4.98 Å². The van der Waals surface area contributed by atoms with Gasteiger partial charge in [-0.2, -0.15) is 18.2 Å². The second kappa shape index (κ2) is 6.53. The van der Waals surface area contributed by atoms with Gasteiger partial charge in [0.2, 0.25) is 5.95 Å². The van der Waals surface area contributed by atoms with Crippen molar-refractivity contribution < 1.29 is 23.1 Å². The normalized spacial score (nSPS) is 27.2. The second-order valence-electron chi connectivity index (χ2n) is 8.00. The summed E-state index contributed by atoms with van der Waals surface area (Å²) in [5.41, 5.74) is -0.609. The number of aliphatic carboxylic acids is 1. The van der Waals surface area contributed by atoms with E-state index in [1.807, 2.05) is 16.7 Å². The van der Waals surface area contributed by atoms with E-state index in [4.69, 9.17) is 5.11 Å². The van der Waals surface area contributed by atoms with Crippen molar-refractivity contribution in [2.24, 2.45) is 11.8 Å². The summed E-state index contributed by atoms with van der Waals surface area (Å²) in [6, 6.07) is 0.155. The van der Waals surface area contributed by atoms with Crippen molar-refractivity contribution in [3.8, 4) is 0 Å². The molecule has 27 heavy (non-hydrogen) atoms. The van der Waals surface area contributed by atoms with Crippen molar-refractivity contribution >= 4 is 17.7 Å². The Morgan fingerprint density at radius 3 is 2.52 bits per heavy atom. The highest BCUT2D eigenvalue weighted by Gasteiger charge is 2.42. The largest absolute Gasteiger partial charge is 0.481 e. The van der Waals surface area contributed by atoms with Gasteiger partial charge in [0.05, 0.1) is 0 Å². The van der Waals surface area contributed by atoms with Crippen molar-refractivity contribution in [2.45, 2.75) is 51.2 Å². The van der Waals surface area contributed by atoms with Crippen molar-refractivity contribution in [3.05, 3.63) is 11.3 Å². The highest BCUT2D eigenvalue weighted by molar-refractivity contribution is 5.67. The first-order valence-electron chi connectivity index (χ1n) is 9.44. The van der Waals surface area contributed by atoms with Crippen LogP contribution in [0.25, 0.3) is 0 Å². The Morgan fingerprint density at radius 1 is 1.22 bits per heavy atom. The molecule has 1 saturated carbocycles. The minimum Gasteiger partial charge on any atom is -0.481 e. The first kappa shape index (κ1) is 18.3. The van der Waals surface area contributed by atoms with Gasteiger partial charge in [-0.15, -0.1) is 0 Å². The first-order valence-corrected chi connectivity index (χ1v) is 9.44. The van der Waals surface area contributed by atoms with Crippen LogP contribution in [0.3, 0.4) is 0 Å². The van der Waals surface area contributed by atoms with Crippen molar-refractivity contribution in [3.63, 3.8) is 0 Å². The van der Waals surface area contributed by atoms with Crippen LogP contribution in [0.15, 0.2) is 0 Å². The zero-order valence-electron chi connectivity index (χ0n) is 15.2. The molecule has 0 spiro atoms. The number of hydrogen-bond donors (Lipinski definition) is 1. The minimum atomic E-state index is -4.49. The summed E-state index contributed by atoms with van der Waals surface area (Å²) in [6.07, 6.45) is -1.47. The second-order valence-corrected chi connectivity index (χ2v) is 8.00. The molecule has 1 saturated heterocycles. The van der Waals surface area contributed by atoms with Crippen LogP contribution in [-0.4, -0.2) is 46.7 Å². The number of rotatable bonds is 5. The quantitative estimate of drug-likeness (QED) is 0.842. The molecule has 1 aliphatic carbocycles. The molecule has 0 aromatic carbocycles. The van der Waals surface area contributed by atoms with Gasteiger partial charge in [-0.1, -0.05) is 0 Å². The van der Waals surface area contributed by atoms with E-state index in [2.05, 4.69) is 9.97 Å². The standard InChI is InChI=1S/C18H23F3N4O2/c1-10-2-5-25(10)17-22-15(18(19,20)21)13-3-4-24(16(13)23-17)9-12-6-11(7-12)8-14(26)27/h10-12H,2-9H2,1H3,(H,26,27)/t10-,11?,12?/m0/s1. The maximum absolute atomic E-state index is 13.6. The average Bonchev–Trinajstić information content (AvgIpc) is 2.92. The van der Waals surface area contributed by atoms with Gasteiger partial charge in [-0.3, -0.25) is 4.79 Å². The number of hydrogen-bond acceptors (Lipinski definition) is 5. The van der Waals surface area contributed by atoms with Gasteiger partial charge >= 0.3 is 12.1 Å². The van der Waals surface area contributed by atoms with Crippen LogP contribution in [0.5, 0.6) is 0 Å². The first-order chi connectivity index (χ1) is 12.7. The SMILES string of the molecule is C[C@H]1CCN1c1nc2c(c(C(F)(F)F)n1)CCN2CC1CC(CC(=O)O)C1. The molecule has 1 aromatic heterocycles.